The number of rotatable bonds is 6. The summed E-state index contributed by atoms with van der Waals surface area (Å²) in [5, 5.41) is 5.18. The Hall–Kier alpha value is -5.06. The maximum absolute atomic E-state index is 14.7. The van der Waals surface area contributed by atoms with Gasteiger partial charge in [0.15, 0.2) is 0 Å². The van der Waals surface area contributed by atoms with Crippen LogP contribution in [0.5, 0.6) is 11.6 Å². The first-order chi connectivity index (χ1) is 27.5. The zero-order valence-corrected chi connectivity index (χ0v) is 33.3. The summed E-state index contributed by atoms with van der Waals surface area (Å²) in [6.07, 6.45) is -2.34. The van der Waals surface area contributed by atoms with E-state index in [1.54, 1.807) is 20.8 Å². The number of cyclic esters (lactones) is 1. The third-order valence-electron chi connectivity index (χ3n) is 12.1. The fourth-order valence-electron chi connectivity index (χ4n) is 8.16. The summed E-state index contributed by atoms with van der Waals surface area (Å²) in [5.41, 5.74) is -1.62. The first-order valence-corrected chi connectivity index (χ1v) is 21.2. The van der Waals surface area contributed by atoms with E-state index in [1.165, 1.54) is 4.90 Å². The summed E-state index contributed by atoms with van der Waals surface area (Å²) in [6, 6.07) is 14.2. The molecule has 3 saturated carbocycles. The number of ether oxygens (including phenoxy) is 3. The summed E-state index contributed by atoms with van der Waals surface area (Å²) in [6.45, 7) is 5.34. The molecule has 4 fully saturated rings. The minimum Gasteiger partial charge on any atom is -0.493 e. The number of hydrogen-bond donors (Lipinski definition) is 3. The van der Waals surface area contributed by atoms with E-state index in [1.807, 2.05) is 59.3 Å². The molecule has 58 heavy (non-hydrogen) atoms. The molecule has 4 amide bonds. The first kappa shape index (κ1) is 39.8. The number of para-hydroxylation sites is 1. The van der Waals surface area contributed by atoms with Crippen LogP contribution in [-0.2, 0) is 29.1 Å². The molecule has 3 aromatic rings. The molecule has 0 radical (unpaired) electrons. The minimum absolute atomic E-state index is 0.0406. The van der Waals surface area contributed by atoms with Gasteiger partial charge in [-0.15, -0.1) is 0 Å². The molecule has 2 aromatic carbocycles. The molecule has 1 saturated heterocycles. The highest BCUT2D eigenvalue weighted by Crippen LogP contribution is 2.49. The molecule has 2 unspecified atom stereocenters. The molecule has 14 nitrogen and oxygen atoms in total. The van der Waals surface area contributed by atoms with Crippen LogP contribution in [0.25, 0.3) is 22.0 Å². The number of pyridine rings is 1. The highest BCUT2D eigenvalue weighted by molar-refractivity contribution is 7.91. The van der Waals surface area contributed by atoms with Gasteiger partial charge in [-0.2, -0.15) is 0 Å². The highest BCUT2D eigenvalue weighted by Gasteiger charge is 2.67. The second-order valence-corrected chi connectivity index (χ2v) is 19.4. The maximum atomic E-state index is 14.7. The number of alkyl carbamates (subject to hydrolysis) is 1. The van der Waals surface area contributed by atoms with Gasteiger partial charge in [0.1, 0.15) is 36.1 Å². The van der Waals surface area contributed by atoms with Crippen LogP contribution in [0.3, 0.4) is 0 Å². The standard InChI is InChI=1S/C41H47F2N5O9S/c1-39(2,3)32-36(50)48-20-26(18-31(48)34(49)46-41(19-29(41)33(42)43)37(51)47-58(53,54)27-12-13-27)57-35-28(17-24-8-4-5-11-30(24)44-35)23-9-6-10-25(16-23)55-21-40(14-7-15-40)22-56-38(52)45-32/h4-6,8-11,16-17,26-27,29,31-33H,7,12-15,18-22H2,1-3H3,(H,45,52)(H,46,49)(H,47,51)/t26?,29-,31-,32+,41?/m0/s1. The number of alkyl halides is 2. The number of amides is 4. The average molecular weight is 824 g/mol. The van der Waals surface area contributed by atoms with Gasteiger partial charge in [0.2, 0.25) is 34.1 Å². The summed E-state index contributed by atoms with van der Waals surface area (Å²) >= 11 is 0. The Labute approximate surface area is 334 Å². The Bertz CT molecular complexity index is 2260. The van der Waals surface area contributed by atoms with Crippen molar-refractivity contribution < 1.29 is 50.6 Å². The lowest BCUT2D eigenvalue weighted by atomic mass is 9.70. The lowest BCUT2D eigenvalue weighted by Crippen LogP contribution is -2.60. The van der Waals surface area contributed by atoms with E-state index in [0.29, 0.717) is 29.7 Å². The van der Waals surface area contributed by atoms with Crippen LogP contribution in [-0.4, -0.2) is 97.3 Å². The summed E-state index contributed by atoms with van der Waals surface area (Å²) in [4.78, 5) is 62.0. The van der Waals surface area contributed by atoms with E-state index < -0.39 is 92.4 Å². The van der Waals surface area contributed by atoms with Crippen molar-refractivity contribution in [2.75, 3.05) is 19.8 Å². The number of carbonyl (C=O) groups is 4. The number of sulfonamides is 1. The van der Waals surface area contributed by atoms with Crippen LogP contribution < -0.4 is 24.8 Å². The number of hydrogen-bond acceptors (Lipinski definition) is 10. The molecule has 3 N–H and O–H groups in total. The van der Waals surface area contributed by atoms with Crippen LogP contribution >= 0.6 is 0 Å². The Balaban J connectivity index is 1.17. The van der Waals surface area contributed by atoms with Crippen LogP contribution in [0.2, 0.25) is 0 Å². The molecular weight excluding hydrogens is 777 g/mol. The maximum Gasteiger partial charge on any atom is 0.407 e. The van der Waals surface area contributed by atoms with Crippen molar-refractivity contribution in [3.63, 3.8) is 0 Å². The van der Waals surface area contributed by atoms with Gasteiger partial charge in [0.05, 0.1) is 29.8 Å². The number of benzene rings is 2. The van der Waals surface area contributed by atoms with E-state index in [-0.39, 0.29) is 32.1 Å². The van der Waals surface area contributed by atoms with Gasteiger partial charge < -0.3 is 29.7 Å². The SMILES string of the molecule is CC(C)(C)[C@@H]1NC(=O)OCC2(CCC2)COc2cccc(c2)-c2cc3ccccc3nc2OC2C[C@@H](C(=O)NC3(C(=O)NS(=O)(=O)C4CC4)C[C@H]3C(F)F)N(C2)C1=O. The number of nitrogens with zero attached hydrogens (tertiary/aromatic N) is 2. The fraction of sp³-hybridized carbons (Fsp3) is 0.537. The Morgan fingerprint density at radius 2 is 1.76 bits per heavy atom. The molecular formula is C41H47F2N5O9S. The molecule has 4 bridgehead atoms. The summed E-state index contributed by atoms with van der Waals surface area (Å²) < 4.78 is 74.4. The van der Waals surface area contributed by atoms with Gasteiger partial charge >= 0.3 is 6.09 Å². The van der Waals surface area contributed by atoms with Gasteiger partial charge in [-0.1, -0.05) is 57.5 Å². The van der Waals surface area contributed by atoms with Crippen molar-refractivity contribution >= 4 is 44.7 Å². The molecule has 5 aliphatic rings. The molecule has 310 valence electrons. The normalized spacial score (nSPS) is 27.2. The van der Waals surface area contributed by atoms with Gasteiger partial charge in [-0.25, -0.2) is 27.0 Å². The largest absolute Gasteiger partial charge is 0.493 e. The zero-order chi connectivity index (χ0) is 41.2. The average Bonchev–Trinajstić information content (AvgIpc) is 4.09. The van der Waals surface area contributed by atoms with Gasteiger partial charge in [0.25, 0.3) is 5.91 Å². The summed E-state index contributed by atoms with van der Waals surface area (Å²) in [7, 11) is -4.14. The van der Waals surface area contributed by atoms with Crippen molar-refractivity contribution in [1.29, 1.82) is 0 Å². The van der Waals surface area contributed by atoms with Crippen LogP contribution in [0.4, 0.5) is 13.6 Å². The fourth-order valence-corrected chi connectivity index (χ4v) is 9.52. The van der Waals surface area contributed by atoms with Crippen LogP contribution in [0.1, 0.15) is 65.7 Å². The number of carbonyl (C=O) groups excluding carboxylic acids is 4. The van der Waals surface area contributed by atoms with Crippen molar-refractivity contribution in [3.8, 4) is 22.8 Å². The Morgan fingerprint density at radius 3 is 2.43 bits per heavy atom. The second-order valence-electron chi connectivity index (χ2n) is 17.5. The van der Waals surface area contributed by atoms with E-state index in [9.17, 15) is 36.4 Å². The van der Waals surface area contributed by atoms with Crippen molar-refractivity contribution in [1.82, 2.24) is 25.2 Å². The summed E-state index contributed by atoms with van der Waals surface area (Å²) in [5.74, 6) is -3.74. The number of halogens is 2. The second kappa shape index (κ2) is 14.6. The molecule has 3 aliphatic carbocycles. The van der Waals surface area contributed by atoms with E-state index >= 15 is 0 Å². The predicted molar refractivity (Wildman–Crippen MR) is 206 cm³/mol. The third kappa shape index (κ3) is 7.76. The van der Waals surface area contributed by atoms with Crippen molar-refractivity contribution in [2.45, 2.75) is 101 Å². The molecule has 5 atom stereocenters. The quantitative estimate of drug-likeness (QED) is 0.315. The van der Waals surface area contributed by atoms with E-state index in [4.69, 9.17) is 19.2 Å². The van der Waals surface area contributed by atoms with Crippen molar-refractivity contribution in [3.05, 3.63) is 54.6 Å². The molecule has 1 aromatic heterocycles. The topological polar surface area (TPSA) is 182 Å². The van der Waals surface area contributed by atoms with Crippen LogP contribution in [0, 0.1) is 16.7 Å². The Kier molecular flexibility index (Phi) is 10.0. The number of aromatic nitrogens is 1. The lowest BCUT2D eigenvalue weighted by Gasteiger charge is -2.41. The molecule has 1 spiro atoms. The van der Waals surface area contributed by atoms with Crippen LogP contribution in [0.15, 0.2) is 54.6 Å². The zero-order valence-electron chi connectivity index (χ0n) is 32.5. The lowest BCUT2D eigenvalue weighted by molar-refractivity contribution is -0.143. The smallest absolute Gasteiger partial charge is 0.407 e. The van der Waals surface area contributed by atoms with Gasteiger partial charge in [-0.3, -0.25) is 19.1 Å². The molecule has 8 rings (SSSR count). The van der Waals surface area contributed by atoms with E-state index in [2.05, 4.69) is 10.6 Å². The Morgan fingerprint density at radius 1 is 1.02 bits per heavy atom. The van der Waals surface area contributed by atoms with Gasteiger partial charge in [-0.05, 0) is 67.3 Å². The van der Waals surface area contributed by atoms with Crippen molar-refractivity contribution in [2.24, 2.45) is 16.7 Å². The molecule has 17 heteroatoms. The number of nitrogens with one attached hydrogen (secondary N) is 3. The monoisotopic (exact) mass is 823 g/mol. The third-order valence-corrected chi connectivity index (χ3v) is 13.9. The van der Waals surface area contributed by atoms with E-state index in [0.717, 1.165) is 30.2 Å². The highest BCUT2D eigenvalue weighted by atomic mass is 32.2. The van der Waals surface area contributed by atoms with Gasteiger partial charge in [0, 0.05) is 22.8 Å². The number of fused-ring (bicyclic) bond motifs is 7. The first-order valence-electron chi connectivity index (χ1n) is 19.7. The molecule has 2 aliphatic heterocycles. The molecule has 3 heterocycles. The predicted octanol–water partition coefficient (Wildman–Crippen LogP) is 4.70. The minimum atomic E-state index is -4.14.